The van der Waals surface area contributed by atoms with Gasteiger partial charge in [-0.15, -0.1) is 0 Å². The van der Waals surface area contributed by atoms with Gasteiger partial charge in [-0.05, 0) is 39.3 Å². The molecule has 0 saturated heterocycles. The van der Waals surface area contributed by atoms with E-state index in [1.807, 2.05) is 45.9 Å². The highest BCUT2D eigenvalue weighted by molar-refractivity contribution is 5.86. The molecule has 0 saturated carbocycles. The van der Waals surface area contributed by atoms with E-state index in [-0.39, 0.29) is 18.1 Å². The Bertz CT molecular complexity index is 637. The van der Waals surface area contributed by atoms with E-state index in [4.69, 9.17) is 9.47 Å². The number of hydrogen-bond acceptors (Lipinski definition) is 4. The van der Waals surface area contributed by atoms with E-state index in [9.17, 15) is 4.79 Å². The summed E-state index contributed by atoms with van der Waals surface area (Å²) < 4.78 is 11.1. The topological polar surface area (TPSA) is 75.2 Å². The molecule has 0 radical (unpaired) electrons. The zero-order valence-corrected chi connectivity index (χ0v) is 17.7. The third-order valence-electron chi connectivity index (χ3n) is 3.55. The van der Waals surface area contributed by atoms with Crippen molar-refractivity contribution in [1.29, 1.82) is 0 Å². The first-order valence-corrected chi connectivity index (χ1v) is 9.12. The maximum atomic E-state index is 11.8. The summed E-state index contributed by atoms with van der Waals surface area (Å²) in [6.07, 6.45) is 0. The van der Waals surface area contributed by atoms with Crippen molar-refractivity contribution in [3.8, 4) is 5.75 Å². The minimum absolute atomic E-state index is 0.0247. The molecule has 0 unspecified atom stereocenters. The third kappa shape index (κ3) is 9.28. The van der Waals surface area contributed by atoms with Crippen molar-refractivity contribution in [2.24, 2.45) is 4.99 Å². The van der Waals surface area contributed by atoms with Crippen LogP contribution in [-0.2, 0) is 16.1 Å². The predicted molar refractivity (Wildman–Crippen MR) is 109 cm³/mol. The van der Waals surface area contributed by atoms with E-state index >= 15 is 0 Å². The van der Waals surface area contributed by atoms with Crippen LogP contribution >= 0.6 is 0 Å². The van der Waals surface area contributed by atoms with Gasteiger partial charge in [0.2, 0.25) is 5.91 Å². The quantitative estimate of drug-likeness (QED) is 0.411. The van der Waals surface area contributed by atoms with E-state index in [1.165, 1.54) is 4.90 Å². The van der Waals surface area contributed by atoms with Gasteiger partial charge in [0.1, 0.15) is 11.4 Å². The van der Waals surface area contributed by atoms with Gasteiger partial charge in [-0.25, -0.2) is 4.99 Å². The van der Waals surface area contributed by atoms with Crippen LogP contribution in [0.15, 0.2) is 23.2 Å². The average Bonchev–Trinajstić information content (AvgIpc) is 2.56. The van der Waals surface area contributed by atoms with Crippen molar-refractivity contribution in [2.75, 3.05) is 40.9 Å². The fraction of sp³-hybridized carbons (Fsp3) is 0.600. The van der Waals surface area contributed by atoms with Gasteiger partial charge >= 0.3 is 0 Å². The summed E-state index contributed by atoms with van der Waals surface area (Å²) in [6.45, 7) is 9.85. The van der Waals surface area contributed by atoms with Gasteiger partial charge < -0.3 is 25.0 Å². The van der Waals surface area contributed by atoms with E-state index in [0.29, 0.717) is 25.7 Å². The molecule has 0 aliphatic carbocycles. The van der Waals surface area contributed by atoms with E-state index < -0.39 is 0 Å². The number of benzene rings is 1. The van der Waals surface area contributed by atoms with Crippen LogP contribution in [0.25, 0.3) is 0 Å². The van der Waals surface area contributed by atoms with Gasteiger partial charge in [0, 0.05) is 33.3 Å². The highest BCUT2D eigenvalue weighted by atomic mass is 16.5. The maximum absolute atomic E-state index is 11.8. The fourth-order valence-corrected chi connectivity index (χ4v) is 2.14. The van der Waals surface area contributed by atoms with Crippen LogP contribution in [0.1, 0.15) is 31.9 Å². The Hall–Kier alpha value is -2.28. The molecule has 27 heavy (non-hydrogen) atoms. The number of carbonyl (C=O) groups excluding carboxylic acids is 1. The Labute approximate surface area is 163 Å². The Balaban J connectivity index is 2.91. The van der Waals surface area contributed by atoms with Crippen LogP contribution in [0.4, 0.5) is 0 Å². The molecule has 1 amide bonds. The molecule has 0 aromatic heterocycles. The number of ether oxygens (including phenoxy) is 2. The lowest BCUT2D eigenvalue weighted by molar-refractivity contribution is -0.127. The molecule has 152 valence electrons. The normalized spacial score (nSPS) is 11.9. The lowest BCUT2D eigenvalue weighted by Crippen LogP contribution is -2.43. The summed E-state index contributed by atoms with van der Waals surface area (Å²) in [5, 5.41) is 6.23. The van der Waals surface area contributed by atoms with Crippen molar-refractivity contribution in [2.45, 2.75) is 39.8 Å². The maximum Gasteiger partial charge on any atom is 0.241 e. The number of nitrogens with zero attached hydrogens (tertiary/aromatic N) is 2. The summed E-state index contributed by atoms with van der Waals surface area (Å²) in [6, 6.07) is 6.09. The van der Waals surface area contributed by atoms with Crippen LogP contribution in [0, 0.1) is 6.92 Å². The van der Waals surface area contributed by atoms with Crippen molar-refractivity contribution in [3.05, 3.63) is 29.3 Å². The first-order valence-electron chi connectivity index (χ1n) is 9.12. The molecule has 1 rings (SSSR count). The fourth-order valence-electron chi connectivity index (χ4n) is 2.14. The number of aryl methyl sites for hydroxylation is 1. The van der Waals surface area contributed by atoms with Crippen molar-refractivity contribution in [3.63, 3.8) is 0 Å². The summed E-state index contributed by atoms with van der Waals surface area (Å²) in [5.74, 6) is 1.36. The highest BCUT2D eigenvalue weighted by Crippen LogP contribution is 2.25. The minimum atomic E-state index is -0.290. The number of likely N-dealkylation sites (N-methyl/N-ethyl adjacent to an activating group) is 1. The molecule has 2 N–H and O–H groups in total. The molecular formula is C20H34N4O3. The number of nitrogens with one attached hydrogen (secondary N) is 2. The zero-order chi connectivity index (χ0) is 20.4. The Morgan fingerprint density at radius 3 is 2.52 bits per heavy atom. The monoisotopic (exact) mass is 378 g/mol. The number of amides is 1. The van der Waals surface area contributed by atoms with Gasteiger partial charge in [0.25, 0.3) is 0 Å². The Morgan fingerprint density at radius 1 is 1.22 bits per heavy atom. The van der Waals surface area contributed by atoms with Gasteiger partial charge in [0.05, 0.1) is 19.7 Å². The van der Waals surface area contributed by atoms with Crippen LogP contribution in [0.2, 0.25) is 0 Å². The van der Waals surface area contributed by atoms with E-state index in [1.54, 1.807) is 21.2 Å². The smallest absolute Gasteiger partial charge is 0.241 e. The standard InChI is InChI=1S/C20H34N4O3/c1-15-8-9-16(17(12-15)27-20(2,3)4)13-22-19(21-10-11-26-7)23-14-18(25)24(5)6/h8-9,12H,10-11,13-14H2,1-7H3,(H2,21,22,23). The molecule has 0 fully saturated rings. The van der Waals surface area contributed by atoms with Crippen molar-refractivity contribution in [1.82, 2.24) is 15.5 Å². The van der Waals surface area contributed by atoms with Crippen LogP contribution in [0.3, 0.4) is 0 Å². The second kappa shape index (κ2) is 10.8. The molecule has 0 bridgehead atoms. The number of methoxy groups -OCH3 is 1. The van der Waals surface area contributed by atoms with Gasteiger partial charge in [-0.2, -0.15) is 0 Å². The molecular weight excluding hydrogens is 344 g/mol. The summed E-state index contributed by atoms with van der Waals surface area (Å²) in [5.41, 5.74) is 1.83. The number of rotatable bonds is 8. The predicted octanol–water partition coefficient (Wildman–Crippen LogP) is 1.94. The molecule has 7 nitrogen and oxygen atoms in total. The van der Waals surface area contributed by atoms with Crippen molar-refractivity contribution >= 4 is 11.9 Å². The van der Waals surface area contributed by atoms with E-state index in [0.717, 1.165) is 16.9 Å². The first kappa shape index (κ1) is 22.8. The van der Waals surface area contributed by atoms with Crippen LogP contribution in [0.5, 0.6) is 5.75 Å². The molecule has 1 aromatic carbocycles. The average molecular weight is 379 g/mol. The van der Waals surface area contributed by atoms with Crippen molar-refractivity contribution < 1.29 is 14.3 Å². The summed E-state index contributed by atoms with van der Waals surface area (Å²) in [7, 11) is 5.09. The van der Waals surface area contributed by atoms with Crippen LogP contribution in [-0.4, -0.2) is 63.3 Å². The molecule has 0 spiro atoms. The van der Waals surface area contributed by atoms with E-state index in [2.05, 4.69) is 15.6 Å². The van der Waals surface area contributed by atoms with Gasteiger partial charge in [0.15, 0.2) is 5.96 Å². The molecule has 7 heteroatoms. The van der Waals surface area contributed by atoms with Crippen LogP contribution < -0.4 is 15.4 Å². The SMILES string of the molecule is COCCNC(=NCc1ccc(C)cc1OC(C)(C)C)NCC(=O)N(C)C. The molecule has 0 heterocycles. The molecule has 0 aliphatic rings. The second-order valence-corrected chi connectivity index (χ2v) is 7.55. The lowest BCUT2D eigenvalue weighted by atomic mass is 10.1. The minimum Gasteiger partial charge on any atom is -0.488 e. The summed E-state index contributed by atoms with van der Waals surface area (Å²) >= 11 is 0. The molecule has 0 aliphatic heterocycles. The Morgan fingerprint density at radius 2 is 1.93 bits per heavy atom. The molecule has 0 atom stereocenters. The lowest BCUT2D eigenvalue weighted by Gasteiger charge is -2.23. The number of carbonyl (C=O) groups is 1. The number of hydrogen-bond donors (Lipinski definition) is 2. The summed E-state index contributed by atoms with van der Waals surface area (Å²) in [4.78, 5) is 18.0. The number of guanidine groups is 1. The third-order valence-corrected chi connectivity index (χ3v) is 3.55. The molecule has 1 aromatic rings. The van der Waals surface area contributed by atoms with Gasteiger partial charge in [-0.3, -0.25) is 4.79 Å². The largest absolute Gasteiger partial charge is 0.488 e. The van der Waals surface area contributed by atoms with Gasteiger partial charge in [-0.1, -0.05) is 12.1 Å². The number of aliphatic imine (C=N–C) groups is 1. The Kier molecular flexibility index (Phi) is 9.08. The second-order valence-electron chi connectivity index (χ2n) is 7.55. The highest BCUT2D eigenvalue weighted by Gasteiger charge is 2.15. The first-order chi connectivity index (χ1) is 12.6. The zero-order valence-electron chi connectivity index (χ0n) is 17.7.